The van der Waals surface area contributed by atoms with Crippen LogP contribution in [0.15, 0.2) is 76.9 Å². The monoisotopic (exact) mass is 548 g/mol. The summed E-state index contributed by atoms with van der Waals surface area (Å²) in [6, 6.07) is 18.8. The molecule has 218 valence electrons. The summed E-state index contributed by atoms with van der Waals surface area (Å²) in [4.78, 5) is 44.2. The summed E-state index contributed by atoms with van der Waals surface area (Å²) in [7, 11) is 1.52. The van der Waals surface area contributed by atoms with Crippen molar-refractivity contribution in [2.24, 2.45) is 10.9 Å². The number of hydrogen-bond acceptors (Lipinski definition) is 4. The van der Waals surface area contributed by atoms with Crippen molar-refractivity contribution in [3.8, 4) is 0 Å². The van der Waals surface area contributed by atoms with Crippen LogP contribution in [0.4, 0.5) is 0 Å². The minimum Gasteiger partial charge on any atom is -0.358 e. The average molecular weight is 549 g/mol. The van der Waals surface area contributed by atoms with Crippen molar-refractivity contribution in [1.29, 1.82) is 0 Å². The second kappa shape index (κ2) is 19.3. The lowest BCUT2D eigenvalue weighted by Crippen LogP contribution is -2.37. The number of rotatable bonds is 10. The molecule has 0 spiro atoms. The average Bonchev–Trinajstić information content (AvgIpc) is 3.38. The normalized spacial score (nSPS) is 11.9. The van der Waals surface area contributed by atoms with Crippen molar-refractivity contribution in [1.82, 2.24) is 15.5 Å². The molecule has 0 fully saturated rings. The van der Waals surface area contributed by atoms with E-state index in [0.29, 0.717) is 25.1 Å². The van der Waals surface area contributed by atoms with Crippen LogP contribution in [-0.2, 0) is 9.59 Å². The standard InChI is InChI=1S/C26H30N4O3.C4H10.C3H8/c1-3-4-15-30(26(33)20-13-9-6-10-14-20)18-21-16-22(19-11-7-5-8-12-19)29-24(21)25(32)28-17-23(31)27-2;1-4(2)3;1-3-2/h5-14H,3-4,15-18H2,1-2H3,(H,27,31)(H,28,32);4H,1-3H3;3H2,1-2H3. The summed E-state index contributed by atoms with van der Waals surface area (Å²) in [6.45, 7) is 13.6. The summed E-state index contributed by atoms with van der Waals surface area (Å²) in [5.41, 5.74) is 3.36. The van der Waals surface area contributed by atoms with Crippen molar-refractivity contribution in [2.45, 2.75) is 67.2 Å². The van der Waals surface area contributed by atoms with Crippen molar-refractivity contribution in [3.05, 3.63) is 83.1 Å². The summed E-state index contributed by atoms with van der Waals surface area (Å²) in [5.74, 6) is 0.0524. The van der Waals surface area contributed by atoms with Gasteiger partial charge in [-0.15, -0.1) is 0 Å². The van der Waals surface area contributed by atoms with E-state index < -0.39 is 5.91 Å². The number of nitrogens with one attached hydrogen (secondary N) is 2. The van der Waals surface area contributed by atoms with Crippen LogP contribution in [0.3, 0.4) is 0 Å². The Morgan fingerprint density at radius 3 is 2.00 bits per heavy atom. The van der Waals surface area contributed by atoms with E-state index in [-0.39, 0.29) is 24.1 Å². The van der Waals surface area contributed by atoms with E-state index in [1.165, 1.54) is 13.5 Å². The molecule has 1 aliphatic heterocycles. The van der Waals surface area contributed by atoms with Gasteiger partial charge in [0, 0.05) is 32.1 Å². The highest BCUT2D eigenvalue weighted by atomic mass is 16.2. The van der Waals surface area contributed by atoms with Gasteiger partial charge < -0.3 is 15.5 Å². The number of unbranched alkanes of at least 4 members (excludes halogenated alkanes) is 1. The largest absolute Gasteiger partial charge is 0.358 e. The number of hydrogen-bond donors (Lipinski definition) is 2. The molecule has 2 N–H and O–H groups in total. The minimum atomic E-state index is -0.415. The Morgan fingerprint density at radius 2 is 1.48 bits per heavy atom. The molecule has 7 nitrogen and oxygen atoms in total. The number of amides is 3. The molecule has 40 heavy (non-hydrogen) atoms. The number of aliphatic imine (C=N–C) groups is 1. The van der Waals surface area contributed by atoms with Crippen molar-refractivity contribution in [3.63, 3.8) is 0 Å². The van der Waals surface area contributed by atoms with E-state index in [0.717, 1.165) is 35.6 Å². The molecule has 0 saturated heterocycles. The molecule has 0 saturated carbocycles. The van der Waals surface area contributed by atoms with Crippen LogP contribution < -0.4 is 10.6 Å². The highest BCUT2D eigenvalue weighted by Gasteiger charge is 2.27. The Hall–Kier alpha value is -3.74. The van der Waals surface area contributed by atoms with Crippen LogP contribution in [0.25, 0.3) is 0 Å². The van der Waals surface area contributed by atoms with Crippen molar-refractivity contribution >= 4 is 23.4 Å². The molecular formula is C33H48N4O3. The Kier molecular flexibility index (Phi) is 16.6. The number of carbonyl (C=O) groups is 3. The van der Waals surface area contributed by atoms with Gasteiger partial charge in [-0.1, -0.05) is 103 Å². The topological polar surface area (TPSA) is 90.9 Å². The van der Waals surface area contributed by atoms with Gasteiger partial charge in [-0.25, -0.2) is 4.99 Å². The molecule has 0 aromatic heterocycles. The third-order valence-corrected chi connectivity index (χ3v) is 5.44. The maximum Gasteiger partial charge on any atom is 0.270 e. The van der Waals surface area contributed by atoms with Gasteiger partial charge in [-0.05, 0) is 35.6 Å². The van der Waals surface area contributed by atoms with Gasteiger partial charge in [-0.2, -0.15) is 0 Å². The Bertz CT molecular complexity index is 1110. The smallest absolute Gasteiger partial charge is 0.270 e. The molecule has 2 aromatic carbocycles. The van der Waals surface area contributed by atoms with E-state index in [4.69, 9.17) is 0 Å². The highest BCUT2D eigenvalue weighted by Crippen LogP contribution is 2.25. The number of carbonyl (C=O) groups excluding carboxylic acids is 3. The van der Waals surface area contributed by atoms with Gasteiger partial charge in [0.05, 0.1) is 12.3 Å². The molecule has 0 radical (unpaired) electrons. The molecule has 0 bridgehead atoms. The van der Waals surface area contributed by atoms with E-state index in [2.05, 4.69) is 57.2 Å². The molecule has 2 aromatic rings. The Morgan fingerprint density at radius 1 is 0.925 bits per heavy atom. The second-order valence-corrected chi connectivity index (χ2v) is 10.3. The first kappa shape index (κ1) is 34.3. The predicted molar refractivity (Wildman–Crippen MR) is 165 cm³/mol. The summed E-state index contributed by atoms with van der Waals surface area (Å²) in [6.07, 6.45) is 3.52. The predicted octanol–water partition coefficient (Wildman–Crippen LogP) is 6.02. The van der Waals surface area contributed by atoms with Crippen LogP contribution in [0, 0.1) is 5.92 Å². The maximum absolute atomic E-state index is 13.2. The molecule has 0 atom stereocenters. The van der Waals surface area contributed by atoms with Crippen LogP contribution in [-0.4, -0.2) is 55.0 Å². The first-order valence-corrected chi connectivity index (χ1v) is 14.4. The fourth-order valence-electron chi connectivity index (χ4n) is 3.61. The first-order valence-electron chi connectivity index (χ1n) is 14.4. The zero-order chi connectivity index (χ0) is 29.9. The Balaban J connectivity index is 0.00000103. The number of likely N-dealkylation sites (N-methyl/N-ethyl adjacent to an activating group) is 1. The van der Waals surface area contributed by atoms with Crippen molar-refractivity contribution in [2.75, 3.05) is 26.7 Å². The molecule has 1 heterocycles. The number of benzene rings is 2. The third-order valence-electron chi connectivity index (χ3n) is 5.44. The van der Waals surface area contributed by atoms with Crippen LogP contribution in [0.2, 0.25) is 0 Å². The van der Waals surface area contributed by atoms with E-state index >= 15 is 0 Å². The highest BCUT2D eigenvalue weighted by molar-refractivity contribution is 6.10. The van der Waals surface area contributed by atoms with Crippen molar-refractivity contribution < 1.29 is 14.4 Å². The van der Waals surface area contributed by atoms with E-state index in [9.17, 15) is 14.4 Å². The van der Waals surface area contributed by atoms with Gasteiger partial charge in [0.1, 0.15) is 5.70 Å². The lowest BCUT2D eigenvalue weighted by Gasteiger charge is -2.24. The molecular weight excluding hydrogens is 500 g/mol. The molecule has 3 amide bonds. The fourth-order valence-corrected chi connectivity index (χ4v) is 3.61. The fraction of sp³-hybridized carbons (Fsp3) is 0.455. The number of nitrogens with zero attached hydrogens (tertiary/aromatic N) is 2. The third kappa shape index (κ3) is 12.4. The lowest BCUT2D eigenvalue weighted by atomic mass is 10.0. The van der Waals surface area contributed by atoms with Crippen LogP contribution >= 0.6 is 0 Å². The van der Waals surface area contributed by atoms with E-state index in [1.807, 2.05) is 48.5 Å². The van der Waals surface area contributed by atoms with Gasteiger partial charge >= 0.3 is 0 Å². The van der Waals surface area contributed by atoms with Gasteiger partial charge in [0.15, 0.2) is 0 Å². The van der Waals surface area contributed by atoms with E-state index in [1.54, 1.807) is 17.0 Å². The zero-order valence-corrected chi connectivity index (χ0v) is 25.4. The van der Waals surface area contributed by atoms with Gasteiger partial charge in [0.25, 0.3) is 11.8 Å². The molecule has 1 aliphatic rings. The quantitative estimate of drug-likeness (QED) is 0.381. The minimum absolute atomic E-state index is 0.0742. The maximum atomic E-state index is 13.2. The summed E-state index contributed by atoms with van der Waals surface area (Å²) < 4.78 is 0. The van der Waals surface area contributed by atoms with Crippen LogP contribution in [0.5, 0.6) is 0 Å². The second-order valence-electron chi connectivity index (χ2n) is 10.3. The molecule has 0 aliphatic carbocycles. The SMILES string of the molecule is CC(C)C.CCC.CCCCN(CC1=C(C(=O)NCC(=O)NC)N=C(c2ccccc2)C1)C(=O)c1ccccc1. The Labute approximate surface area is 241 Å². The zero-order valence-electron chi connectivity index (χ0n) is 25.4. The molecule has 0 unspecified atom stereocenters. The summed E-state index contributed by atoms with van der Waals surface area (Å²) in [5, 5.41) is 5.12. The lowest BCUT2D eigenvalue weighted by molar-refractivity contribution is -0.124. The molecule has 3 rings (SSSR count). The molecule has 7 heteroatoms. The summed E-state index contributed by atoms with van der Waals surface area (Å²) >= 11 is 0. The van der Waals surface area contributed by atoms with Gasteiger partial charge in [-0.3, -0.25) is 14.4 Å². The first-order chi connectivity index (χ1) is 19.2. The van der Waals surface area contributed by atoms with Gasteiger partial charge in [0.2, 0.25) is 5.91 Å². The van der Waals surface area contributed by atoms with Crippen LogP contribution in [0.1, 0.15) is 83.1 Å².